The highest BCUT2D eigenvalue weighted by molar-refractivity contribution is 6.31. The number of benzene rings is 3. The first kappa shape index (κ1) is 25.3. The molecule has 3 aromatic carbocycles. The topological polar surface area (TPSA) is 112 Å². The van der Waals surface area contributed by atoms with E-state index in [0.29, 0.717) is 41.8 Å². The molecule has 3 aromatic rings. The van der Waals surface area contributed by atoms with Crippen molar-refractivity contribution >= 4 is 23.9 Å². The molecule has 0 bridgehead atoms. The lowest BCUT2D eigenvalue weighted by Gasteiger charge is -2.16. The molecule has 1 aliphatic rings. The molecule has 190 valence electrons. The Kier molecular flexibility index (Phi) is 8.05. The van der Waals surface area contributed by atoms with Gasteiger partial charge in [-0.05, 0) is 54.0 Å². The Hall–Kier alpha value is -4.79. The summed E-state index contributed by atoms with van der Waals surface area (Å²) in [6.45, 7) is 3.06. The van der Waals surface area contributed by atoms with Gasteiger partial charge in [0.15, 0.2) is 23.0 Å². The molecule has 4 amide bonds. The van der Waals surface area contributed by atoms with Gasteiger partial charge in [-0.1, -0.05) is 42.5 Å². The van der Waals surface area contributed by atoms with E-state index in [1.54, 1.807) is 18.2 Å². The van der Waals surface area contributed by atoms with Gasteiger partial charge in [-0.15, -0.1) is 0 Å². The van der Waals surface area contributed by atoms with Gasteiger partial charge >= 0.3 is 6.03 Å². The summed E-state index contributed by atoms with van der Waals surface area (Å²) in [5, 5.41) is 4.08. The predicted molar refractivity (Wildman–Crippen MR) is 135 cm³/mol. The van der Waals surface area contributed by atoms with Gasteiger partial charge in [-0.3, -0.25) is 20.2 Å². The van der Waals surface area contributed by atoms with E-state index in [9.17, 15) is 14.4 Å². The van der Waals surface area contributed by atoms with E-state index in [4.69, 9.17) is 18.9 Å². The van der Waals surface area contributed by atoms with Crippen molar-refractivity contribution in [1.82, 2.24) is 10.6 Å². The summed E-state index contributed by atoms with van der Waals surface area (Å²) in [6, 6.07) is 19.6. The first-order chi connectivity index (χ1) is 18.0. The van der Waals surface area contributed by atoms with E-state index in [1.165, 1.54) is 13.2 Å². The van der Waals surface area contributed by atoms with Crippen LogP contribution in [0.15, 0.2) is 72.3 Å². The molecule has 1 aliphatic heterocycles. The van der Waals surface area contributed by atoms with Crippen LogP contribution in [0.25, 0.3) is 6.08 Å². The van der Waals surface area contributed by atoms with Crippen molar-refractivity contribution < 1.29 is 33.3 Å². The van der Waals surface area contributed by atoms with Crippen LogP contribution < -0.4 is 29.6 Å². The molecule has 1 heterocycles. The van der Waals surface area contributed by atoms with Crippen LogP contribution in [0.3, 0.4) is 0 Å². The highest BCUT2D eigenvalue weighted by Crippen LogP contribution is 2.32. The van der Waals surface area contributed by atoms with Gasteiger partial charge in [0.05, 0.1) is 13.7 Å². The normalized spacial score (nSPS) is 12.9. The van der Waals surface area contributed by atoms with Gasteiger partial charge in [0, 0.05) is 0 Å². The van der Waals surface area contributed by atoms with Crippen LogP contribution in [0.4, 0.5) is 4.79 Å². The van der Waals surface area contributed by atoms with Crippen molar-refractivity contribution in [1.29, 1.82) is 0 Å². The molecule has 9 heteroatoms. The molecule has 2 N–H and O–H groups in total. The number of carbonyl (C=O) groups is 3. The number of imide groups is 2. The van der Waals surface area contributed by atoms with E-state index in [1.807, 2.05) is 66.1 Å². The van der Waals surface area contributed by atoms with E-state index in [2.05, 4.69) is 0 Å². The molecule has 0 radical (unpaired) electrons. The molecule has 1 fully saturated rings. The number of hydrogen-bond donors (Lipinski definition) is 2. The first-order valence-electron chi connectivity index (χ1n) is 11.6. The second kappa shape index (κ2) is 11.8. The number of methoxy groups -OCH3 is 1. The highest BCUT2D eigenvalue weighted by Gasteiger charge is 2.27. The second-order valence-electron chi connectivity index (χ2n) is 7.98. The monoisotopic (exact) mass is 502 g/mol. The van der Waals surface area contributed by atoms with Crippen molar-refractivity contribution in [2.24, 2.45) is 0 Å². The van der Waals surface area contributed by atoms with E-state index in [-0.39, 0.29) is 12.2 Å². The van der Waals surface area contributed by atoms with Crippen molar-refractivity contribution in [3.05, 3.63) is 89.0 Å². The lowest BCUT2D eigenvalue weighted by Crippen LogP contribution is -2.51. The minimum absolute atomic E-state index is 0.187. The molecule has 9 nitrogen and oxygen atoms in total. The Bertz CT molecular complexity index is 1310. The number of rotatable bonds is 10. The highest BCUT2D eigenvalue weighted by atomic mass is 16.5. The van der Waals surface area contributed by atoms with E-state index < -0.39 is 17.8 Å². The molecule has 0 spiro atoms. The molecule has 0 aliphatic carbocycles. The van der Waals surface area contributed by atoms with Crippen LogP contribution in [0, 0.1) is 0 Å². The maximum absolute atomic E-state index is 12.0. The standard InChI is InChI=1S/C28H26N2O7/c1-3-35-25-15-20(10-12-23(25)36-16-18-7-5-4-6-8-18)17-37-22-11-9-19(14-24(22)34-2)13-21-26(31)29-28(33)30-27(21)32/h4-15H,3,16-17H2,1-2H3,(H2,29,30,31,32,33). The van der Waals surface area contributed by atoms with Crippen LogP contribution in [-0.2, 0) is 22.8 Å². The Labute approximate surface area is 214 Å². The lowest BCUT2D eigenvalue weighted by molar-refractivity contribution is -0.123. The maximum Gasteiger partial charge on any atom is 0.328 e. The number of hydrogen-bond acceptors (Lipinski definition) is 7. The molecule has 1 saturated heterocycles. The molecule has 0 aromatic heterocycles. The van der Waals surface area contributed by atoms with Crippen LogP contribution >= 0.6 is 0 Å². The molecule has 0 unspecified atom stereocenters. The summed E-state index contributed by atoms with van der Waals surface area (Å²) in [5.41, 5.74) is 2.26. The molecule has 4 rings (SSSR count). The van der Waals surface area contributed by atoms with Crippen molar-refractivity contribution in [2.75, 3.05) is 13.7 Å². The third-order valence-electron chi connectivity index (χ3n) is 5.38. The van der Waals surface area contributed by atoms with Crippen molar-refractivity contribution in [3.8, 4) is 23.0 Å². The Morgan fingerprint density at radius 1 is 0.703 bits per heavy atom. The van der Waals surface area contributed by atoms with Crippen molar-refractivity contribution in [2.45, 2.75) is 20.1 Å². The molecule has 0 saturated carbocycles. The summed E-state index contributed by atoms with van der Waals surface area (Å²) >= 11 is 0. The third-order valence-corrected chi connectivity index (χ3v) is 5.38. The average Bonchev–Trinajstić information content (AvgIpc) is 2.90. The number of carbonyl (C=O) groups excluding carboxylic acids is 3. The Morgan fingerprint density at radius 2 is 1.35 bits per heavy atom. The molecule has 0 atom stereocenters. The Balaban J connectivity index is 1.45. The summed E-state index contributed by atoms with van der Waals surface area (Å²) < 4.78 is 23.1. The van der Waals surface area contributed by atoms with E-state index in [0.717, 1.165) is 11.1 Å². The fourth-order valence-electron chi connectivity index (χ4n) is 3.59. The van der Waals surface area contributed by atoms with E-state index >= 15 is 0 Å². The fourth-order valence-corrected chi connectivity index (χ4v) is 3.59. The smallest absolute Gasteiger partial charge is 0.328 e. The van der Waals surface area contributed by atoms with Crippen molar-refractivity contribution in [3.63, 3.8) is 0 Å². The number of nitrogens with one attached hydrogen (secondary N) is 2. The quantitative estimate of drug-likeness (QED) is 0.318. The van der Waals surface area contributed by atoms with Gasteiger partial charge in [0.2, 0.25) is 0 Å². The van der Waals surface area contributed by atoms with Crippen LogP contribution in [0.5, 0.6) is 23.0 Å². The first-order valence-corrected chi connectivity index (χ1v) is 11.6. The van der Waals surface area contributed by atoms with Crippen LogP contribution in [0.2, 0.25) is 0 Å². The number of barbiturate groups is 1. The van der Waals surface area contributed by atoms with Gasteiger partial charge in [-0.2, -0.15) is 0 Å². The number of ether oxygens (including phenoxy) is 4. The largest absolute Gasteiger partial charge is 0.493 e. The van der Waals surface area contributed by atoms with Crippen LogP contribution in [0.1, 0.15) is 23.6 Å². The minimum atomic E-state index is -0.850. The minimum Gasteiger partial charge on any atom is -0.493 e. The number of urea groups is 1. The summed E-state index contributed by atoms with van der Waals surface area (Å²) in [4.78, 5) is 35.2. The molecular weight excluding hydrogens is 476 g/mol. The summed E-state index contributed by atoms with van der Waals surface area (Å²) in [5.74, 6) is 0.608. The van der Waals surface area contributed by atoms with Gasteiger partial charge in [0.25, 0.3) is 11.8 Å². The predicted octanol–water partition coefficient (Wildman–Crippen LogP) is 4.00. The lowest BCUT2D eigenvalue weighted by atomic mass is 10.1. The van der Waals surface area contributed by atoms with Gasteiger partial charge < -0.3 is 18.9 Å². The zero-order chi connectivity index (χ0) is 26.2. The SMILES string of the molecule is CCOc1cc(COc2ccc(C=C3C(=O)NC(=O)NC3=O)cc2OC)ccc1OCc1ccccc1. The maximum atomic E-state index is 12.0. The van der Waals surface area contributed by atoms with Gasteiger partial charge in [0.1, 0.15) is 18.8 Å². The zero-order valence-electron chi connectivity index (χ0n) is 20.4. The van der Waals surface area contributed by atoms with Gasteiger partial charge in [-0.25, -0.2) is 4.79 Å². The summed E-state index contributed by atoms with van der Waals surface area (Å²) in [7, 11) is 1.49. The number of amides is 4. The Morgan fingerprint density at radius 3 is 2.03 bits per heavy atom. The molecular formula is C28H26N2O7. The van der Waals surface area contributed by atoms with Crippen LogP contribution in [-0.4, -0.2) is 31.6 Å². The average molecular weight is 503 g/mol. The summed E-state index contributed by atoms with van der Waals surface area (Å²) in [6.07, 6.45) is 1.37. The second-order valence-corrected chi connectivity index (χ2v) is 7.98. The third kappa shape index (κ3) is 6.46. The fraction of sp³-hybridized carbons (Fsp3) is 0.179. The zero-order valence-corrected chi connectivity index (χ0v) is 20.4. The molecule has 37 heavy (non-hydrogen) atoms.